The highest BCUT2D eigenvalue weighted by Crippen LogP contribution is 2.35. The molecule has 1 saturated carbocycles. The highest BCUT2D eigenvalue weighted by Gasteiger charge is 2.33. The third kappa shape index (κ3) is 5.19. The lowest BCUT2D eigenvalue weighted by atomic mass is 9.96. The molecule has 5 nitrogen and oxygen atoms in total. The fourth-order valence-corrected chi connectivity index (χ4v) is 4.31. The van der Waals surface area contributed by atoms with E-state index in [4.69, 9.17) is 4.74 Å². The molecule has 0 spiro atoms. The van der Waals surface area contributed by atoms with E-state index in [1.807, 2.05) is 12.1 Å². The van der Waals surface area contributed by atoms with E-state index in [1.54, 1.807) is 12.1 Å². The lowest BCUT2D eigenvalue weighted by Crippen LogP contribution is -2.41. The van der Waals surface area contributed by atoms with Gasteiger partial charge in [0.15, 0.2) is 0 Å². The Morgan fingerprint density at radius 1 is 1.24 bits per heavy atom. The number of nitrogens with zero attached hydrogens (tertiary/aromatic N) is 1. The summed E-state index contributed by atoms with van der Waals surface area (Å²) in [4.78, 5) is 13.5. The van der Waals surface area contributed by atoms with Crippen molar-refractivity contribution in [3.63, 3.8) is 0 Å². The summed E-state index contributed by atoms with van der Waals surface area (Å²) in [6.45, 7) is 3.58. The van der Waals surface area contributed by atoms with Crippen molar-refractivity contribution in [2.75, 3.05) is 25.0 Å². The van der Waals surface area contributed by atoms with Gasteiger partial charge >= 0.3 is 0 Å². The van der Waals surface area contributed by atoms with Gasteiger partial charge in [-0.25, -0.2) is 0 Å². The van der Waals surface area contributed by atoms with Crippen LogP contribution in [-0.4, -0.2) is 47.8 Å². The van der Waals surface area contributed by atoms with Crippen molar-refractivity contribution in [3.05, 3.63) is 24.3 Å². The molecule has 1 heterocycles. The molecule has 0 radical (unpaired) electrons. The Bertz CT molecular complexity index is 555. The second-order valence-electron chi connectivity index (χ2n) is 7.42. The summed E-state index contributed by atoms with van der Waals surface area (Å²) in [5.74, 6) is 1.45. The maximum Gasteiger partial charge on any atom is 0.221 e. The van der Waals surface area contributed by atoms with Gasteiger partial charge in [0, 0.05) is 25.2 Å². The lowest BCUT2D eigenvalue weighted by Gasteiger charge is -2.30. The van der Waals surface area contributed by atoms with Crippen LogP contribution in [0.2, 0.25) is 0 Å². The minimum atomic E-state index is -0.475. The number of anilines is 1. The number of nitrogens with one attached hydrogen (secondary N) is 1. The molecule has 1 aromatic carbocycles. The molecular formula is C20H30N2O3. The first-order valence-electron chi connectivity index (χ1n) is 9.54. The number of hydrogen-bond acceptors (Lipinski definition) is 4. The third-order valence-corrected chi connectivity index (χ3v) is 5.42. The maximum absolute atomic E-state index is 11.0. The largest absolute Gasteiger partial charge is 0.491 e. The van der Waals surface area contributed by atoms with Crippen LogP contribution in [-0.2, 0) is 4.79 Å². The Morgan fingerprint density at radius 2 is 1.96 bits per heavy atom. The molecule has 3 rings (SSSR count). The number of carbonyl (C=O) groups excluding carboxylic acids is 1. The van der Waals surface area contributed by atoms with Crippen molar-refractivity contribution in [3.8, 4) is 5.75 Å². The van der Waals surface area contributed by atoms with Gasteiger partial charge in [-0.05, 0) is 62.4 Å². The van der Waals surface area contributed by atoms with Crippen molar-refractivity contribution in [2.45, 2.75) is 57.6 Å². The first-order valence-corrected chi connectivity index (χ1v) is 9.54. The van der Waals surface area contributed by atoms with Crippen molar-refractivity contribution in [2.24, 2.45) is 5.92 Å². The van der Waals surface area contributed by atoms with Gasteiger partial charge < -0.3 is 15.2 Å². The SMILES string of the molecule is CC(=O)Nc1ccc(OCC(O)CN2CCCC2C2CCCC2)cc1. The van der Waals surface area contributed by atoms with E-state index in [0.717, 1.165) is 18.2 Å². The predicted octanol–water partition coefficient (Wildman–Crippen LogP) is 3.04. The van der Waals surface area contributed by atoms with Crippen molar-refractivity contribution < 1.29 is 14.6 Å². The van der Waals surface area contributed by atoms with Crippen LogP contribution in [0.15, 0.2) is 24.3 Å². The van der Waals surface area contributed by atoms with Crippen LogP contribution in [0.1, 0.15) is 45.4 Å². The second kappa shape index (κ2) is 8.68. The number of likely N-dealkylation sites (tertiary alicyclic amines) is 1. The molecule has 0 aromatic heterocycles. The maximum atomic E-state index is 11.0. The summed E-state index contributed by atoms with van der Waals surface area (Å²) in [5, 5.41) is 13.1. The van der Waals surface area contributed by atoms with Gasteiger partial charge in [-0.2, -0.15) is 0 Å². The Labute approximate surface area is 150 Å². The number of aliphatic hydroxyl groups is 1. The molecule has 1 aliphatic heterocycles. The molecular weight excluding hydrogens is 316 g/mol. The molecule has 1 saturated heterocycles. The number of aliphatic hydroxyl groups excluding tert-OH is 1. The average Bonchev–Trinajstić information content (AvgIpc) is 3.24. The van der Waals surface area contributed by atoms with E-state index in [9.17, 15) is 9.90 Å². The van der Waals surface area contributed by atoms with Gasteiger partial charge in [0.05, 0.1) is 0 Å². The summed E-state index contributed by atoms with van der Waals surface area (Å²) in [5.41, 5.74) is 0.747. The zero-order valence-corrected chi connectivity index (χ0v) is 15.1. The molecule has 2 atom stereocenters. The molecule has 2 fully saturated rings. The minimum absolute atomic E-state index is 0.0912. The standard InChI is InChI=1S/C20H30N2O3/c1-15(23)21-17-8-10-19(11-9-17)25-14-18(24)13-22-12-4-7-20(22)16-5-2-3-6-16/h8-11,16,18,20,24H,2-7,12-14H2,1H3,(H,21,23). The summed E-state index contributed by atoms with van der Waals surface area (Å²) in [7, 11) is 0. The molecule has 0 bridgehead atoms. The van der Waals surface area contributed by atoms with Crippen molar-refractivity contribution >= 4 is 11.6 Å². The zero-order valence-electron chi connectivity index (χ0n) is 15.1. The Hall–Kier alpha value is -1.59. The third-order valence-electron chi connectivity index (χ3n) is 5.42. The first kappa shape index (κ1) is 18.2. The van der Waals surface area contributed by atoms with E-state index < -0.39 is 6.10 Å². The van der Waals surface area contributed by atoms with Crippen molar-refractivity contribution in [1.82, 2.24) is 4.90 Å². The number of rotatable bonds is 7. The van der Waals surface area contributed by atoms with Gasteiger partial charge in [-0.15, -0.1) is 0 Å². The van der Waals surface area contributed by atoms with Crippen LogP contribution < -0.4 is 10.1 Å². The van der Waals surface area contributed by atoms with E-state index in [-0.39, 0.29) is 5.91 Å². The predicted molar refractivity (Wildman–Crippen MR) is 98.8 cm³/mol. The molecule has 5 heteroatoms. The normalized spacial score (nSPS) is 22.9. The average molecular weight is 346 g/mol. The van der Waals surface area contributed by atoms with E-state index >= 15 is 0 Å². The van der Waals surface area contributed by atoms with Crippen LogP contribution in [0.4, 0.5) is 5.69 Å². The zero-order chi connectivity index (χ0) is 17.6. The number of carbonyl (C=O) groups is 1. The molecule has 25 heavy (non-hydrogen) atoms. The van der Waals surface area contributed by atoms with Crippen LogP contribution in [0, 0.1) is 5.92 Å². The fourth-order valence-electron chi connectivity index (χ4n) is 4.31. The number of benzene rings is 1. The Balaban J connectivity index is 1.44. The molecule has 2 unspecified atom stereocenters. The van der Waals surface area contributed by atoms with E-state index in [1.165, 1.54) is 45.4 Å². The monoisotopic (exact) mass is 346 g/mol. The summed E-state index contributed by atoms with van der Waals surface area (Å²) < 4.78 is 5.71. The van der Waals surface area contributed by atoms with Crippen LogP contribution in [0.25, 0.3) is 0 Å². The van der Waals surface area contributed by atoms with Gasteiger partial charge in [0.1, 0.15) is 18.5 Å². The van der Waals surface area contributed by atoms with Gasteiger partial charge in [-0.1, -0.05) is 12.8 Å². The summed E-state index contributed by atoms with van der Waals surface area (Å²) in [6, 6.07) is 7.90. The summed E-state index contributed by atoms with van der Waals surface area (Å²) in [6.07, 6.45) is 7.51. The Kier molecular flexibility index (Phi) is 6.32. The topological polar surface area (TPSA) is 61.8 Å². The number of hydrogen-bond donors (Lipinski definition) is 2. The number of amides is 1. The van der Waals surface area contributed by atoms with Gasteiger partial charge in [0.2, 0.25) is 5.91 Å². The molecule has 2 N–H and O–H groups in total. The van der Waals surface area contributed by atoms with E-state index in [0.29, 0.717) is 24.9 Å². The molecule has 138 valence electrons. The minimum Gasteiger partial charge on any atom is -0.491 e. The van der Waals surface area contributed by atoms with Gasteiger partial charge in [0.25, 0.3) is 0 Å². The highest BCUT2D eigenvalue weighted by molar-refractivity contribution is 5.88. The molecule has 2 aliphatic rings. The lowest BCUT2D eigenvalue weighted by molar-refractivity contribution is -0.114. The second-order valence-corrected chi connectivity index (χ2v) is 7.42. The molecule has 1 aliphatic carbocycles. The Morgan fingerprint density at radius 3 is 2.64 bits per heavy atom. The number of ether oxygens (including phenoxy) is 1. The van der Waals surface area contributed by atoms with Crippen molar-refractivity contribution in [1.29, 1.82) is 0 Å². The number of β-amino-alcohol motifs (C(OH)–C–C–N with tert-alkyl or cyclic N) is 1. The van der Waals surface area contributed by atoms with Crippen LogP contribution in [0.5, 0.6) is 5.75 Å². The van der Waals surface area contributed by atoms with Crippen LogP contribution in [0.3, 0.4) is 0 Å². The fraction of sp³-hybridized carbons (Fsp3) is 0.650. The highest BCUT2D eigenvalue weighted by atomic mass is 16.5. The van der Waals surface area contributed by atoms with Gasteiger partial charge in [-0.3, -0.25) is 9.69 Å². The smallest absolute Gasteiger partial charge is 0.221 e. The quantitative estimate of drug-likeness (QED) is 0.797. The molecule has 1 amide bonds. The molecule has 1 aromatic rings. The van der Waals surface area contributed by atoms with Crippen LogP contribution >= 0.6 is 0 Å². The first-order chi connectivity index (χ1) is 12.1. The summed E-state index contributed by atoms with van der Waals surface area (Å²) >= 11 is 0. The van der Waals surface area contributed by atoms with E-state index in [2.05, 4.69) is 10.2 Å².